The van der Waals surface area contributed by atoms with Crippen molar-refractivity contribution >= 4 is 28.6 Å². The predicted octanol–water partition coefficient (Wildman–Crippen LogP) is 0.887. The van der Waals surface area contributed by atoms with E-state index in [4.69, 9.17) is 5.73 Å². The standard InChI is InChI=1S/C10H9N7S/c1-17-10(14-15-16-17)18-8-6-4-2-3-5-7(6)12-9(11)13-8/h2-5H,1H3,(H2,11,12,13). The first-order chi connectivity index (χ1) is 8.74. The zero-order chi connectivity index (χ0) is 12.5. The molecule has 0 amide bonds. The highest BCUT2D eigenvalue weighted by atomic mass is 32.2. The number of rotatable bonds is 2. The molecule has 0 saturated heterocycles. The Morgan fingerprint density at radius 1 is 1.22 bits per heavy atom. The highest BCUT2D eigenvalue weighted by Crippen LogP contribution is 2.29. The number of aromatic nitrogens is 6. The normalized spacial score (nSPS) is 10.9. The maximum Gasteiger partial charge on any atom is 0.221 e. The second-order valence-corrected chi connectivity index (χ2v) is 4.55. The molecule has 0 radical (unpaired) electrons. The number of benzene rings is 1. The largest absolute Gasteiger partial charge is 0.368 e. The third kappa shape index (κ3) is 1.86. The van der Waals surface area contributed by atoms with Crippen molar-refractivity contribution in [3.8, 4) is 0 Å². The Morgan fingerprint density at radius 2 is 2.06 bits per heavy atom. The van der Waals surface area contributed by atoms with Crippen LogP contribution in [0.2, 0.25) is 0 Å². The lowest BCUT2D eigenvalue weighted by Crippen LogP contribution is -1.98. The second kappa shape index (κ2) is 4.22. The molecule has 0 aliphatic carbocycles. The van der Waals surface area contributed by atoms with Gasteiger partial charge in [-0.05, 0) is 28.3 Å². The van der Waals surface area contributed by atoms with Crippen molar-refractivity contribution in [3.05, 3.63) is 24.3 Å². The van der Waals surface area contributed by atoms with Crippen molar-refractivity contribution in [2.45, 2.75) is 10.2 Å². The first kappa shape index (κ1) is 10.9. The van der Waals surface area contributed by atoms with Crippen LogP contribution >= 0.6 is 11.8 Å². The maximum atomic E-state index is 5.70. The summed E-state index contributed by atoms with van der Waals surface area (Å²) < 4.78 is 1.58. The molecule has 0 unspecified atom stereocenters. The Labute approximate surface area is 106 Å². The molecule has 2 aromatic heterocycles. The molecule has 0 aliphatic rings. The molecule has 2 N–H and O–H groups in total. The Balaban J connectivity index is 2.14. The van der Waals surface area contributed by atoms with Crippen LogP contribution in [0.1, 0.15) is 0 Å². The van der Waals surface area contributed by atoms with Gasteiger partial charge in [0.25, 0.3) is 0 Å². The zero-order valence-corrected chi connectivity index (χ0v) is 10.3. The highest BCUT2D eigenvalue weighted by Gasteiger charge is 2.11. The first-order valence-corrected chi connectivity index (χ1v) is 5.98. The van der Waals surface area contributed by atoms with Crippen LogP contribution in [0, 0.1) is 0 Å². The molecule has 3 aromatic rings. The lowest BCUT2D eigenvalue weighted by atomic mass is 10.2. The molecule has 3 rings (SSSR count). The van der Waals surface area contributed by atoms with Gasteiger partial charge in [0.05, 0.1) is 5.52 Å². The van der Waals surface area contributed by atoms with Crippen molar-refractivity contribution in [3.63, 3.8) is 0 Å². The number of nitrogens with two attached hydrogens (primary N) is 1. The van der Waals surface area contributed by atoms with Gasteiger partial charge in [-0.2, -0.15) is 0 Å². The van der Waals surface area contributed by atoms with Crippen LogP contribution in [-0.2, 0) is 7.05 Å². The van der Waals surface area contributed by atoms with E-state index in [0.717, 1.165) is 15.9 Å². The Morgan fingerprint density at radius 3 is 2.83 bits per heavy atom. The van der Waals surface area contributed by atoms with E-state index < -0.39 is 0 Å². The van der Waals surface area contributed by atoms with E-state index in [1.54, 1.807) is 11.7 Å². The topological polar surface area (TPSA) is 95.4 Å². The van der Waals surface area contributed by atoms with Gasteiger partial charge in [-0.1, -0.05) is 18.2 Å². The van der Waals surface area contributed by atoms with E-state index in [2.05, 4.69) is 25.5 Å². The van der Waals surface area contributed by atoms with E-state index in [-0.39, 0.29) is 5.95 Å². The Kier molecular flexibility index (Phi) is 2.56. The summed E-state index contributed by atoms with van der Waals surface area (Å²) in [5.74, 6) is 0.242. The van der Waals surface area contributed by atoms with E-state index in [9.17, 15) is 0 Å². The van der Waals surface area contributed by atoms with Gasteiger partial charge in [0, 0.05) is 12.4 Å². The van der Waals surface area contributed by atoms with Crippen LogP contribution < -0.4 is 5.73 Å². The molecule has 18 heavy (non-hydrogen) atoms. The quantitative estimate of drug-likeness (QED) is 0.682. The molecule has 7 nitrogen and oxygen atoms in total. The summed E-state index contributed by atoms with van der Waals surface area (Å²) in [5, 5.41) is 13.6. The number of nitrogens with zero attached hydrogens (tertiary/aromatic N) is 6. The minimum Gasteiger partial charge on any atom is -0.368 e. The van der Waals surface area contributed by atoms with E-state index in [1.807, 2.05) is 24.3 Å². The molecular weight excluding hydrogens is 250 g/mol. The summed E-state index contributed by atoms with van der Waals surface area (Å²) in [6.07, 6.45) is 0. The Hall–Kier alpha value is -2.22. The zero-order valence-electron chi connectivity index (χ0n) is 9.48. The molecule has 90 valence electrons. The van der Waals surface area contributed by atoms with E-state index in [0.29, 0.717) is 5.16 Å². The number of fused-ring (bicyclic) bond motifs is 1. The molecule has 0 aliphatic heterocycles. The molecule has 1 aromatic carbocycles. The molecule has 0 fully saturated rings. The fourth-order valence-electron chi connectivity index (χ4n) is 1.54. The van der Waals surface area contributed by atoms with Gasteiger partial charge in [0.1, 0.15) is 5.03 Å². The average Bonchev–Trinajstić information content (AvgIpc) is 2.75. The van der Waals surface area contributed by atoms with Crippen LogP contribution in [0.4, 0.5) is 5.95 Å². The van der Waals surface area contributed by atoms with Gasteiger partial charge >= 0.3 is 0 Å². The number of anilines is 1. The molecule has 0 saturated carbocycles. The molecule has 0 spiro atoms. The van der Waals surface area contributed by atoms with Crippen LogP contribution in [0.15, 0.2) is 34.4 Å². The molecule has 0 atom stereocenters. The molecule has 0 bridgehead atoms. The van der Waals surface area contributed by atoms with Crippen molar-refractivity contribution < 1.29 is 0 Å². The molecule has 8 heteroatoms. The van der Waals surface area contributed by atoms with Crippen molar-refractivity contribution in [2.75, 3.05) is 5.73 Å². The van der Waals surface area contributed by atoms with Crippen LogP contribution in [0.25, 0.3) is 10.9 Å². The number of tetrazole rings is 1. The summed E-state index contributed by atoms with van der Waals surface area (Å²) in [7, 11) is 1.77. The predicted molar refractivity (Wildman–Crippen MR) is 66.9 cm³/mol. The Bertz CT molecular complexity index is 708. The van der Waals surface area contributed by atoms with Gasteiger partial charge in [0.15, 0.2) is 0 Å². The minimum atomic E-state index is 0.242. The highest BCUT2D eigenvalue weighted by molar-refractivity contribution is 7.99. The first-order valence-electron chi connectivity index (χ1n) is 5.16. The summed E-state index contributed by atoms with van der Waals surface area (Å²) in [6, 6.07) is 7.68. The number of nitrogen functional groups attached to an aromatic ring is 1. The number of aryl methyl sites for hydroxylation is 1. The van der Waals surface area contributed by atoms with Crippen molar-refractivity contribution in [2.24, 2.45) is 7.05 Å². The van der Waals surface area contributed by atoms with Gasteiger partial charge in [0.2, 0.25) is 11.1 Å². The minimum absolute atomic E-state index is 0.242. The number of hydrogen-bond acceptors (Lipinski definition) is 7. The summed E-state index contributed by atoms with van der Waals surface area (Å²) in [4.78, 5) is 8.42. The SMILES string of the molecule is Cn1nnnc1Sc1nc(N)nc2ccccc12. The van der Waals surface area contributed by atoms with Crippen LogP contribution in [-0.4, -0.2) is 30.2 Å². The maximum absolute atomic E-state index is 5.70. The lowest BCUT2D eigenvalue weighted by Gasteiger charge is -2.04. The fourth-order valence-corrected chi connectivity index (χ4v) is 2.38. The summed E-state index contributed by atoms with van der Waals surface area (Å²) >= 11 is 1.36. The summed E-state index contributed by atoms with van der Waals surface area (Å²) in [5.41, 5.74) is 6.51. The molecular formula is C10H9N7S. The lowest BCUT2D eigenvalue weighted by molar-refractivity contribution is 0.664. The van der Waals surface area contributed by atoms with Gasteiger partial charge in [-0.25, -0.2) is 14.6 Å². The van der Waals surface area contributed by atoms with Gasteiger partial charge < -0.3 is 5.73 Å². The van der Waals surface area contributed by atoms with Crippen molar-refractivity contribution in [1.29, 1.82) is 0 Å². The van der Waals surface area contributed by atoms with Crippen LogP contribution in [0.5, 0.6) is 0 Å². The fraction of sp³-hybridized carbons (Fsp3) is 0.100. The summed E-state index contributed by atoms with van der Waals surface area (Å²) in [6.45, 7) is 0. The number of hydrogen-bond donors (Lipinski definition) is 1. The molecule has 2 heterocycles. The van der Waals surface area contributed by atoms with E-state index in [1.165, 1.54) is 11.8 Å². The van der Waals surface area contributed by atoms with Gasteiger partial charge in [-0.3, -0.25) is 0 Å². The third-order valence-corrected chi connectivity index (χ3v) is 3.39. The van der Waals surface area contributed by atoms with E-state index >= 15 is 0 Å². The monoisotopic (exact) mass is 259 g/mol. The number of para-hydroxylation sites is 1. The smallest absolute Gasteiger partial charge is 0.221 e. The van der Waals surface area contributed by atoms with Gasteiger partial charge in [-0.15, -0.1) is 5.10 Å². The third-order valence-electron chi connectivity index (χ3n) is 2.35. The second-order valence-electron chi connectivity index (χ2n) is 3.59. The average molecular weight is 259 g/mol. The van der Waals surface area contributed by atoms with Crippen LogP contribution in [0.3, 0.4) is 0 Å². The van der Waals surface area contributed by atoms with Crippen molar-refractivity contribution in [1.82, 2.24) is 30.2 Å².